The Morgan fingerprint density at radius 1 is 1.27 bits per heavy atom. The molecule has 0 saturated carbocycles. The van der Waals surface area contributed by atoms with Gasteiger partial charge in [0, 0.05) is 13.1 Å². The molecule has 1 aliphatic heterocycles. The van der Waals surface area contributed by atoms with Gasteiger partial charge in [-0.1, -0.05) is 18.2 Å². The highest BCUT2D eigenvalue weighted by Gasteiger charge is 2.19. The number of ether oxygens (including phenoxy) is 1. The third-order valence-electron chi connectivity index (χ3n) is 4.12. The van der Waals surface area contributed by atoms with Gasteiger partial charge in [0.1, 0.15) is 5.69 Å². The molecule has 0 aromatic carbocycles. The fourth-order valence-electron chi connectivity index (χ4n) is 2.74. The second kappa shape index (κ2) is 10.0. The molecule has 1 aliphatic carbocycles. The van der Waals surface area contributed by atoms with Gasteiger partial charge in [0.25, 0.3) is 5.88 Å². The van der Waals surface area contributed by atoms with E-state index in [4.69, 9.17) is 24.5 Å². The van der Waals surface area contributed by atoms with Crippen molar-refractivity contribution in [2.75, 3.05) is 26.7 Å². The molecule has 0 amide bonds. The molecule has 1 aromatic rings. The van der Waals surface area contributed by atoms with Crippen LogP contribution in [0.5, 0.6) is 5.88 Å². The maximum atomic E-state index is 9.10. The Morgan fingerprint density at radius 2 is 2.04 bits per heavy atom. The molecule has 142 valence electrons. The second-order valence-corrected chi connectivity index (χ2v) is 6.77. The third-order valence-corrected chi connectivity index (χ3v) is 4.63. The zero-order chi connectivity index (χ0) is 18.9. The standard InChI is InChI=1S/C15H21N3OS.C2H2O4/c1-18-9-5-8-13(10-18)14-15(17-20-16-14)19-11-12-6-3-2-4-7-12;3-1(4)2(5)6/h2-3,8,12H,4-7,9-11H2,1H3;(H,3,4)(H,5,6). The summed E-state index contributed by atoms with van der Waals surface area (Å²) in [7, 11) is 2.14. The first kappa shape index (κ1) is 20.1. The molecule has 1 aromatic heterocycles. The van der Waals surface area contributed by atoms with Crippen LogP contribution in [0, 0.1) is 5.92 Å². The summed E-state index contributed by atoms with van der Waals surface area (Å²) in [6.45, 7) is 2.81. The number of aromatic nitrogens is 2. The average Bonchev–Trinajstić information content (AvgIpc) is 3.10. The molecular weight excluding hydrogens is 358 g/mol. The highest BCUT2D eigenvalue weighted by molar-refractivity contribution is 6.99. The number of carbonyl (C=O) groups is 2. The zero-order valence-corrected chi connectivity index (χ0v) is 15.4. The lowest BCUT2D eigenvalue weighted by molar-refractivity contribution is -0.159. The minimum Gasteiger partial charge on any atom is -0.475 e. The van der Waals surface area contributed by atoms with E-state index in [-0.39, 0.29) is 0 Å². The highest BCUT2D eigenvalue weighted by atomic mass is 32.1. The van der Waals surface area contributed by atoms with E-state index in [1.54, 1.807) is 0 Å². The van der Waals surface area contributed by atoms with Crippen molar-refractivity contribution in [2.24, 2.45) is 5.92 Å². The molecule has 2 heterocycles. The molecule has 9 heteroatoms. The first-order valence-electron chi connectivity index (χ1n) is 8.42. The predicted octanol–water partition coefficient (Wildman–Crippen LogP) is 2.15. The summed E-state index contributed by atoms with van der Waals surface area (Å²) < 4.78 is 14.7. The van der Waals surface area contributed by atoms with Crippen LogP contribution < -0.4 is 4.74 Å². The molecule has 2 aliphatic rings. The van der Waals surface area contributed by atoms with Crippen LogP contribution in [0.1, 0.15) is 31.4 Å². The molecule has 8 nitrogen and oxygen atoms in total. The minimum absolute atomic E-state index is 0.623. The van der Waals surface area contributed by atoms with Gasteiger partial charge in [-0.05, 0) is 44.2 Å². The SMILES string of the molecule is CN1CCC=C(c2nsnc2OCC2CC=CCC2)C1.O=C(O)C(=O)O. The van der Waals surface area contributed by atoms with E-state index < -0.39 is 11.9 Å². The van der Waals surface area contributed by atoms with Gasteiger partial charge in [-0.2, -0.15) is 4.37 Å². The number of hydrogen-bond donors (Lipinski definition) is 2. The summed E-state index contributed by atoms with van der Waals surface area (Å²) in [4.78, 5) is 20.5. The van der Waals surface area contributed by atoms with Crippen molar-refractivity contribution in [3.8, 4) is 5.88 Å². The molecule has 3 rings (SSSR count). The van der Waals surface area contributed by atoms with Crippen molar-refractivity contribution < 1.29 is 24.5 Å². The molecule has 0 bridgehead atoms. The Labute approximate surface area is 156 Å². The topological polar surface area (TPSA) is 113 Å². The van der Waals surface area contributed by atoms with E-state index in [2.05, 4.69) is 38.9 Å². The van der Waals surface area contributed by atoms with Gasteiger partial charge in [0.2, 0.25) is 0 Å². The van der Waals surface area contributed by atoms with E-state index in [1.165, 1.54) is 30.1 Å². The van der Waals surface area contributed by atoms with Crippen LogP contribution in [0.15, 0.2) is 18.2 Å². The number of allylic oxidation sites excluding steroid dienone is 2. The van der Waals surface area contributed by atoms with Crippen molar-refractivity contribution >= 4 is 29.2 Å². The van der Waals surface area contributed by atoms with Crippen molar-refractivity contribution in [1.82, 2.24) is 13.6 Å². The molecular formula is C17H23N3O5S. The molecule has 0 fully saturated rings. The maximum absolute atomic E-state index is 9.10. The van der Waals surface area contributed by atoms with Gasteiger partial charge in [-0.25, -0.2) is 9.59 Å². The maximum Gasteiger partial charge on any atom is 0.414 e. The molecule has 2 N–H and O–H groups in total. The molecule has 0 saturated heterocycles. The van der Waals surface area contributed by atoms with Crippen molar-refractivity contribution in [3.63, 3.8) is 0 Å². The smallest absolute Gasteiger partial charge is 0.414 e. The Bertz CT molecular complexity index is 674. The summed E-state index contributed by atoms with van der Waals surface area (Å²) in [5, 5.41) is 14.8. The highest BCUT2D eigenvalue weighted by Crippen LogP contribution is 2.28. The van der Waals surface area contributed by atoms with E-state index >= 15 is 0 Å². The molecule has 0 radical (unpaired) electrons. The monoisotopic (exact) mass is 381 g/mol. The minimum atomic E-state index is -1.82. The van der Waals surface area contributed by atoms with Gasteiger partial charge in [-0.3, -0.25) is 0 Å². The van der Waals surface area contributed by atoms with Crippen LogP contribution in [0.3, 0.4) is 0 Å². The summed E-state index contributed by atoms with van der Waals surface area (Å²) in [6, 6.07) is 0. The van der Waals surface area contributed by atoms with Gasteiger partial charge in [-0.15, -0.1) is 4.37 Å². The number of likely N-dealkylation sites (N-methyl/N-ethyl adjacent to an activating group) is 1. The van der Waals surface area contributed by atoms with Crippen molar-refractivity contribution in [2.45, 2.75) is 25.7 Å². The molecule has 1 atom stereocenters. The van der Waals surface area contributed by atoms with Crippen LogP contribution in [-0.4, -0.2) is 62.5 Å². The summed E-state index contributed by atoms with van der Waals surface area (Å²) >= 11 is 1.25. The molecule has 1 unspecified atom stereocenters. The Kier molecular flexibility index (Phi) is 7.73. The first-order valence-corrected chi connectivity index (χ1v) is 9.15. The fourth-order valence-corrected chi connectivity index (χ4v) is 3.27. The quantitative estimate of drug-likeness (QED) is 0.602. The van der Waals surface area contributed by atoms with E-state index in [1.807, 2.05) is 0 Å². The summed E-state index contributed by atoms with van der Waals surface area (Å²) in [5.74, 6) is -2.30. The lowest BCUT2D eigenvalue weighted by atomic mass is 9.95. The van der Waals surface area contributed by atoms with Crippen LogP contribution in [0.2, 0.25) is 0 Å². The number of rotatable bonds is 4. The normalized spacial score (nSPS) is 19.9. The van der Waals surface area contributed by atoms with Crippen LogP contribution in [-0.2, 0) is 9.59 Å². The first-order chi connectivity index (χ1) is 12.5. The number of carboxylic acid groups (broad SMARTS) is 2. The summed E-state index contributed by atoms with van der Waals surface area (Å²) in [5.41, 5.74) is 2.21. The van der Waals surface area contributed by atoms with Crippen molar-refractivity contribution in [1.29, 1.82) is 0 Å². The number of hydrogen-bond acceptors (Lipinski definition) is 7. The Morgan fingerprint density at radius 3 is 2.65 bits per heavy atom. The van der Waals surface area contributed by atoms with Gasteiger partial charge < -0.3 is 19.8 Å². The van der Waals surface area contributed by atoms with Crippen molar-refractivity contribution in [3.05, 3.63) is 23.9 Å². The zero-order valence-electron chi connectivity index (χ0n) is 14.6. The van der Waals surface area contributed by atoms with E-state index in [0.717, 1.165) is 44.1 Å². The van der Waals surface area contributed by atoms with Crippen LogP contribution >= 0.6 is 11.7 Å². The summed E-state index contributed by atoms with van der Waals surface area (Å²) in [6.07, 6.45) is 11.4. The Hall–Kier alpha value is -2.26. The molecule has 0 spiro atoms. The largest absolute Gasteiger partial charge is 0.475 e. The lowest BCUT2D eigenvalue weighted by Gasteiger charge is -2.22. The average molecular weight is 381 g/mol. The van der Waals surface area contributed by atoms with Gasteiger partial charge in [0.05, 0.1) is 18.3 Å². The Balaban J connectivity index is 0.000000352. The predicted molar refractivity (Wildman–Crippen MR) is 97.2 cm³/mol. The van der Waals surface area contributed by atoms with Crippen LogP contribution in [0.25, 0.3) is 5.57 Å². The number of nitrogens with zero attached hydrogens (tertiary/aromatic N) is 3. The third kappa shape index (κ3) is 6.23. The second-order valence-electron chi connectivity index (χ2n) is 6.25. The number of carboxylic acids is 2. The number of aliphatic carboxylic acids is 2. The van der Waals surface area contributed by atoms with E-state index in [0.29, 0.717) is 5.92 Å². The van der Waals surface area contributed by atoms with Crippen LogP contribution in [0.4, 0.5) is 0 Å². The lowest BCUT2D eigenvalue weighted by Crippen LogP contribution is -2.25. The van der Waals surface area contributed by atoms with Gasteiger partial charge >= 0.3 is 11.9 Å². The van der Waals surface area contributed by atoms with Gasteiger partial charge in [0.15, 0.2) is 0 Å². The molecule has 26 heavy (non-hydrogen) atoms. The van der Waals surface area contributed by atoms with E-state index in [9.17, 15) is 0 Å². The fraction of sp³-hybridized carbons (Fsp3) is 0.529.